The smallest absolute Gasteiger partial charge is 0.123 e. The number of anilines is 1. The molecule has 1 aliphatic rings. The van der Waals surface area contributed by atoms with E-state index in [0.717, 1.165) is 11.7 Å². The highest BCUT2D eigenvalue weighted by atomic mass is 15.1. The average Bonchev–Trinajstić information content (AvgIpc) is 2.74. The number of H-pyrrole nitrogens is 1. The molecule has 1 fully saturated rings. The lowest BCUT2D eigenvalue weighted by Gasteiger charge is -2.20. The lowest BCUT2D eigenvalue weighted by atomic mass is 10.00. The molecular weight excluding hydrogens is 162 g/mol. The van der Waals surface area contributed by atoms with Gasteiger partial charge in [0, 0.05) is 6.04 Å². The van der Waals surface area contributed by atoms with Crippen LogP contribution in [0.1, 0.15) is 32.6 Å². The largest absolute Gasteiger partial charge is 0.368 e. The third-order valence-corrected chi connectivity index (χ3v) is 2.99. The Kier molecular flexibility index (Phi) is 2.52. The molecule has 3 heteroatoms. The minimum Gasteiger partial charge on any atom is -0.368 e. The second-order valence-corrected chi connectivity index (χ2v) is 3.94. The highest BCUT2D eigenvalue weighted by Crippen LogP contribution is 2.28. The molecule has 2 N–H and O–H groups in total. The molecule has 0 aromatic carbocycles. The summed E-state index contributed by atoms with van der Waals surface area (Å²) in [4.78, 5) is 7.05. The number of nitrogens with one attached hydrogen (secondary N) is 2. The summed E-state index contributed by atoms with van der Waals surface area (Å²) in [5.41, 5.74) is 0. The second-order valence-electron chi connectivity index (χ2n) is 3.94. The van der Waals surface area contributed by atoms with Gasteiger partial charge in [-0.2, -0.15) is 0 Å². The molecule has 1 saturated carbocycles. The fourth-order valence-electron chi connectivity index (χ4n) is 2.16. The lowest BCUT2D eigenvalue weighted by molar-refractivity contribution is 0.481. The maximum atomic E-state index is 3.98. The SMILES string of the molecule is CC(Nc1cnc[nH]1)C1CCCC1. The lowest BCUT2D eigenvalue weighted by Crippen LogP contribution is -2.23. The molecular formula is C10H17N3. The van der Waals surface area contributed by atoms with Crippen LogP contribution >= 0.6 is 0 Å². The number of aromatic amines is 1. The predicted octanol–water partition coefficient (Wildman–Crippen LogP) is 2.40. The van der Waals surface area contributed by atoms with Gasteiger partial charge < -0.3 is 10.3 Å². The van der Waals surface area contributed by atoms with Crippen molar-refractivity contribution in [2.24, 2.45) is 5.92 Å². The van der Waals surface area contributed by atoms with Gasteiger partial charge in [-0.3, -0.25) is 0 Å². The summed E-state index contributed by atoms with van der Waals surface area (Å²) >= 11 is 0. The Morgan fingerprint density at radius 3 is 2.92 bits per heavy atom. The van der Waals surface area contributed by atoms with E-state index in [9.17, 15) is 0 Å². The molecule has 0 spiro atoms. The normalized spacial score (nSPS) is 20.4. The summed E-state index contributed by atoms with van der Waals surface area (Å²) < 4.78 is 0. The molecule has 0 amide bonds. The zero-order chi connectivity index (χ0) is 9.10. The van der Waals surface area contributed by atoms with Crippen molar-refractivity contribution in [2.45, 2.75) is 38.6 Å². The number of rotatable bonds is 3. The zero-order valence-electron chi connectivity index (χ0n) is 8.09. The number of aromatic nitrogens is 2. The Hall–Kier alpha value is -0.990. The molecule has 2 rings (SSSR count). The van der Waals surface area contributed by atoms with Crippen molar-refractivity contribution in [3.05, 3.63) is 12.5 Å². The Bertz CT molecular complexity index is 237. The topological polar surface area (TPSA) is 40.7 Å². The summed E-state index contributed by atoms with van der Waals surface area (Å²) in [7, 11) is 0. The number of hydrogen-bond donors (Lipinski definition) is 2. The van der Waals surface area contributed by atoms with Crippen molar-refractivity contribution < 1.29 is 0 Å². The predicted molar refractivity (Wildman–Crippen MR) is 53.6 cm³/mol. The molecule has 1 aliphatic carbocycles. The van der Waals surface area contributed by atoms with E-state index in [0.29, 0.717) is 6.04 Å². The van der Waals surface area contributed by atoms with E-state index in [1.54, 1.807) is 6.33 Å². The molecule has 3 nitrogen and oxygen atoms in total. The molecule has 1 heterocycles. The average molecular weight is 179 g/mol. The van der Waals surface area contributed by atoms with E-state index in [2.05, 4.69) is 22.2 Å². The summed E-state index contributed by atoms with van der Waals surface area (Å²) in [6.07, 6.45) is 9.11. The van der Waals surface area contributed by atoms with Crippen LogP contribution in [0.25, 0.3) is 0 Å². The zero-order valence-corrected chi connectivity index (χ0v) is 8.09. The van der Waals surface area contributed by atoms with Gasteiger partial charge in [0.15, 0.2) is 0 Å². The molecule has 1 aromatic heterocycles. The van der Waals surface area contributed by atoms with Gasteiger partial charge in [-0.25, -0.2) is 4.98 Å². The monoisotopic (exact) mass is 179 g/mol. The van der Waals surface area contributed by atoms with Crippen molar-refractivity contribution in [3.63, 3.8) is 0 Å². The summed E-state index contributed by atoms with van der Waals surface area (Å²) in [6.45, 7) is 2.26. The van der Waals surface area contributed by atoms with Crippen molar-refractivity contribution >= 4 is 5.82 Å². The summed E-state index contributed by atoms with van der Waals surface area (Å²) in [5, 5.41) is 3.45. The Labute approximate surface area is 79.0 Å². The van der Waals surface area contributed by atoms with Gasteiger partial charge in [-0.15, -0.1) is 0 Å². The van der Waals surface area contributed by atoms with Crippen molar-refractivity contribution in [3.8, 4) is 0 Å². The first-order valence-electron chi connectivity index (χ1n) is 5.11. The Morgan fingerprint density at radius 1 is 1.54 bits per heavy atom. The van der Waals surface area contributed by atoms with Crippen LogP contribution in [0.2, 0.25) is 0 Å². The quantitative estimate of drug-likeness (QED) is 0.748. The van der Waals surface area contributed by atoms with Gasteiger partial charge >= 0.3 is 0 Å². The molecule has 1 aromatic rings. The Morgan fingerprint density at radius 2 is 2.31 bits per heavy atom. The molecule has 13 heavy (non-hydrogen) atoms. The molecule has 0 bridgehead atoms. The standard InChI is InChI=1S/C10H17N3/c1-8(9-4-2-3-5-9)13-10-6-11-7-12-10/h6-9,13H,2-5H2,1H3,(H,11,12). The molecule has 1 atom stereocenters. The van der Waals surface area contributed by atoms with Crippen molar-refractivity contribution in [1.29, 1.82) is 0 Å². The number of hydrogen-bond acceptors (Lipinski definition) is 2. The van der Waals surface area contributed by atoms with Gasteiger partial charge in [-0.05, 0) is 25.7 Å². The highest BCUT2D eigenvalue weighted by molar-refractivity contribution is 5.31. The van der Waals surface area contributed by atoms with E-state index in [4.69, 9.17) is 0 Å². The van der Waals surface area contributed by atoms with Gasteiger partial charge in [0.1, 0.15) is 5.82 Å². The van der Waals surface area contributed by atoms with Crippen LogP contribution in [0.15, 0.2) is 12.5 Å². The van der Waals surface area contributed by atoms with Crippen LogP contribution in [0.5, 0.6) is 0 Å². The third kappa shape index (κ3) is 2.02. The van der Waals surface area contributed by atoms with Gasteiger partial charge in [0.05, 0.1) is 12.5 Å². The first kappa shape index (κ1) is 8.60. The Balaban J connectivity index is 1.87. The van der Waals surface area contributed by atoms with Crippen LogP contribution in [-0.4, -0.2) is 16.0 Å². The fraction of sp³-hybridized carbons (Fsp3) is 0.700. The molecule has 0 aliphatic heterocycles. The molecule has 0 saturated heterocycles. The summed E-state index contributed by atoms with van der Waals surface area (Å²) in [6, 6.07) is 0.572. The van der Waals surface area contributed by atoms with Crippen LogP contribution in [-0.2, 0) is 0 Å². The van der Waals surface area contributed by atoms with E-state index in [-0.39, 0.29) is 0 Å². The van der Waals surface area contributed by atoms with E-state index in [1.807, 2.05) is 6.20 Å². The minimum atomic E-state index is 0.572. The van der Waals surface area contributed by atoms with Crippen LogP contribution in [0.4, 0.5) is 5.82 Å². The maximum Gasteiger partial charge on any atom is 0.123 e. The van der Waals surface area contributed by atoms with Crippen LogP contribution < -0.4 is 5.32 Å². The highest BCUT2D eigenvalue weighted by Gasteiger charge is 2.21. The molecule has 72 valence electrons. The van der Waals surface area contributed by atoms with Crippen LogP contribution in [0, 0.1) is 5.92 Å². The third-order valence-electron chi connectivity index (χ3n) is 2.99. The summed E-state index contributed by atoms with van der Waals surface area (Å²) in [5.74, 6) is 1.89. The van der Waals surface area contributed by atoms with Crippen molar-refractivity contribution in [1.82, 2.24) is 9.97 Å². The van der Waals surface area contributed by atoms with Crippen molar-refractivity contribution in [2.75, 3.05) is 5.32 Å². The van der Waals surface area contributed by atoms with Gasteiger partial charge in [0.2, 0.25) is 0 Å². The van der Waals surface area contributed by atoms with E-state index >= 15 is 0 Å². The first-order valence-corrected chi connectivity index (χ1v) is 5.11. The molecule has 1 unspecified atom stereocenters. The number of nitrogens with zero attached hydrogens (tertiary/aromatic N) is 1. The number of imidazole rings is 1. The minimum absolute atomic E-state index is 0.572. The first-order chi connectivity index (χ1) is 6.36. The van der Waals surface area contributed by atoms with E-state index in [1.165, 1.54) is 25.7 Å². The second kappa shape index (κ2) is 3.81. The van der Waals surface area contributed by atoms with Gasteiger partial charge in [-0.1, -0.05) is 12.8 Å². The van der Waals surface area contributed by atoms with Gasteiger partial charge in [0.25, 0.3) is 0 Å². The van der Waals surface area contributed by atoms with Crippen LogP contribution in [0.3, 0.4) is 0 Å². The maximum absolute atomic E-state index is 3.98. The van der Waals surface area contributed by atoms with E-state index < -0.39 is 0 Å². The fourth-order valence-corrected chi connectivity index (χ4v) is 2.16. The molecule has 0 radical (unpaired) electrons.